The van der Waals surface area contributed by atoms with Crippen LogP contribution < -0.4 is 0 Å². The summed E-state index contributed by atoms with van der Waals surface area (Å²) in [4.78, 5) is 4.63. The van der Waals surface area contributed by atoms with Gasteiger partial charge in [0.25, 0.3) is 0 Å². The van der Waals surface area contributed by atoms with Crippen molar-refractivity contribution in [3.63, 3.8) is 0 Å². The predicted octanol–water partition coefficient (Wildman–Crippen LogP) is 3.81. The Morgan fingerprint density at radius 1 is 1.44 bits per heavy atom. The van der Waals surface area contributed by atoms with Crippen LogP contribution in [0.2, 0.25) is 0 Å². The summed E-state index contributed by atoms with van der Waals surface area (Å²) in [5.41, 5.74) is 3.58. The lowest BCUT2D eigenvalue weighted by Gasteiger charge is -2.28. The number of aryl methyl sites for hydroxylation is 1. The summed E-state index contributed by atoms with van der Waals surface area (Å²) in [7, 11) is 0. The molecule has 1 aliphatic carbocycles. The van der Waals surface area contributed by atoms with E-state index in [1.165, 1.54) is 30.3 Å². The zero-order valence-corrected chi connectivity index (χ0v) is 10.2. The van der Waals surface area contributed by atoms with E-state index in [1.807, 2.05) is 0 Å². The SMILES string of the molecule is Cc1ccc2c(c1)nc(CCl)n2C1CCC1. The number of nitrogens with zero attached hydrogens (tertiary/aromatic N) is 2. The number of hydrogen-bond acceptors (Lipinski definition) is 1. The molecule has 84 valence electrons. The number of hydrogen-bond donors (Lipinski definition) is 0. The van der Waals surface area contributed by atoms with Crippen molar-refractivity contribution < 1.29 is 0 Å². The number of aromatic nitrogens is 2. The maximum atomic E-state index is 5.99. The highest BCUT2D eigenvalue weighted by atomic mass is 35.5. The molecule has 2 nitrogen and oxygen atoms in total. The quantitative estimate of drug-likeness (QED) is 0.723. The van der Waals surface area contributed by atoms with Crippen LogP contribution in [0.15, 0.2) is 18.2 Å². The third-order valence-electron chi connectivity index (χ3n) is 3.48. The van der Waals surface area contributed by atoms with Gasteiger partial charge in [-0.1, -0.05) is 6.07 Å². The molecular formula is C13H15ClN2. The van der Waals surface area contributed by atoms with Crippen LogP contribution in [0.4, 0.5) is 0 Å². The Labute approximate surface area is 100 Å². The lowest BCUT2D eigenvalue weighted by atomic mass is 9.92. The first kappa shape index (κ1) is 10.2. The highest BCUT2D eigenvalue weighted by Crippen LogP contribution is 2.35. The number of alkyl halides is 1. The molecule has 3 rings (SSSR count). The Morgan fingerprint density at radius 3 is 2.88 bits per heavy atom. The summed E-state index contributed by atoms with van der Waals surface area (Å²) >= 11 is 5.99. The summed E-state index contributed by atoms with van der Waals surface area (Å²) in [5, 5.41) is 0. The standard InChI is InChI=1S/C13H15ClN2/c1-9-5-6-12-11(7-9)15-13(8-14)16(12)10-3-2-4-10/h5-7,10H,2-4,8H2,1H3. The molecule has 0 bridgehead atoms. The van der Waals surface area contributed by atoms with Crippen molar-refractivity contribution in [1.82, 2.24) is 9.55 Å². The fourth-order valence-electron chi connectivity index (χ4n) is 2.41. The number of halogens is 1. The normalized spacial score (nSPS) is 16.6. The highest BCUT2D eigenvalue weighted by molar-refractivity contribution is 6.16. The monoisotopic (exact) mass is 234 g/mol. The van der Waals surface area contributed by atoms with E-state index in [9.17, 15) is 0 Å². The first-order chi connectivity index (χ1) is 7.79. The summed E-state index contributed by atoms with van der Waals surface area (Å²) in [6.07, 6.45) is 3.87. The van der Waals surface area contributed by atoms with E-state index >= 15 is 0 Å². The van der Waals surface area contributed by atoms with Crippen LogP contribution in [0, 0.1) is 6.92 Å². The minimum atomic E-state index is 0.504. The van der Waals surface area contributed by atoms with Crippen molar-refractivity contribution in [2.75, 3.05) is 0 Å². The molecule has 0 N–H and O–H groups in total. The van der Waals surface area contributed by atoms with Crippen molar-refractivity contribution in [1.29, 1.82) is 0 Å². The van der Waals surface area contributed by atoms with Gasteiger partial charge in [-0.25, -0.2) is 4.98 Å². The number of benzene rings is 1. The van der Waals surface area contributed by atoms with Crippen LogP contribution in [-0.4, -0.2) is 9.55 Å². The van der Waals surface area contributed by atoms with Crippen LogP contribution in [0.25, 0.3) is 11.0 Å². The topological polar surface area (TPSA) is 17.8 Å². The fourth-order valence-corrected chi connectivity index (χ4v) is 2.59. The Bertz CT molecular complexity index is 526. The third-order valence-corrected chi connectivity index (χ3v) is 3.72. The third kappa shape index (κ3) is 1.44. The van der Waals surface area contributed by atoms with Gasteiger partial charge in [-0.15, -0.1) is 11.6 Å². The first-order valence-electron chi connectivity index (χ1n) is 5.83. The molecule has 3 heteroatoms. The van der Waals surface area contributed by atoms with E-state index in [1.54, 1.807) is 0 Å². The van der Waals surface area contributed by atoms with Gasteiger partial charge in [0, 0.05) is 6.04 Å². The van der Waals surface area contributed by atoms with Crippen molar-refractivity contribution in [3.05, 3.63) is 29.6 Å². The molecule has 0 radical (unpaired) electrons. The minimum Gasteiger partial charge on any atom is -0.324 e. The summed E-state index contributed by atoms with van der Waals surface area (Å²) < 4.78 is 2.34. The Kier molecular flexibility index (Phi) is 2.40. The van der Waals surface area contributed by atoms with Gasteiger partial charge in [0.15, 0.2) is 0 Å². The van der Waals surface area contributed by atoms with Crippen LogP contribution in [0.3, 0.4) is 0 Å². The van der Waals surface area contributed by atoms with Gasteiger partial charge in [-0.2, -0.15) is 0 Å². The number of imidazole rings is 1. The van der Waals surface area contributed by atoms with Crippen molar-refractivity contribution in [2.45, 2.75) is 38.1 Å². The van der Waals surface area contributed by atoms with E-state index in [4.69, 9.17) is 11.6 Å². The van der Waals surface area contributed by atoms with Gasteiger partial charge in [-0.05, 0) is 43.9 Å². The van der Waals surface area contributed by atoms with Crippen LogP contribution in [-0.2, 0) is 5.88 Å². The average molecular weight is 235 g/mol. The predicted molar refractivity (Wildman–Crippen MR) is 66.9 cm³/mol. The molecule has 0 atom stereocenters. The zero-order chi connectivity index (χ0) is 11.1. The van der Waals surface area contributed by atoms with Gasteiger partial charge in [0.2, 0.25) is 0 Å². The Balaban J connectivity index is 2.22. The average Bonchev–Trinajstić information content (AvgIpc) is 2.54. The van der Waals surface area contributed by atoms with Gasteiger partial charge in [0.1, 0.15) is 5.82 Å². The molecule has 1 aromatic heterocycles. The van der Waals surface area contributed by atoms with E-state index in [0.29, 0.717) is 11.9 Å². The zero-order valence-electron chi connectivity index (χ0n) is 9.41. The van der Waals surface area contributed by atoms with Gasteiger partial charge < -0.3 is 4.57 Å². The molecule has 0 aliphatic heterocycles. The molecule has 0 saturated heterocycles. The van der Waals surface area contributed by atoms with Crippen LogP contribution >= 0.6 is 11.6 Å². The van der Waals surface area contributed by atoms with E-state index in [0.717, 1.165) is 11.3 Å². The van der Waals surface area contributed by atoms with E-state index in [-0.39, 0.29) is 0 Å². The van der Waals surface area contributed by atoms with Crippen LogP contribution in [0.5, 0.6) is 0 Å². The maximum absolute atomic E-state index is 5.99. The molecule has 1 aromatic carbocycles. The second-order valence-corrected chi connectivity index (χ2v) is 4.88. The van der Waals surface area contributed by atoms with E-state index in [2.05, 4.69) is 34.7 Å². The lowest BCUT2D eigenvalue weighted by molar-refractivity contribution is 0.315. The highest BCUT2D eigenvalue weighted by Gasteiger charge is 2.23. The molecule has 0 amide bonds. The van der Waals surface area contributed by atoms with Crippen molar-refractivity contribution >= 4 is 22.6 Å². The molecule has 0 unspecified atom stereocenters. The smallest absolute Gasteiger partial charge is 0.125 e. The van der Waals surface area contributed by atoms with Gasteiger partial charge in [0.05, 0.1) is 16.9 Å². The minimum absolute atomic E-state index is 0.504. The lowest BCUT2D eigenvalue weighted by Crippen LogP contribution is -2.18. The largest absolute Gasteiger partial charge is 0.324 e. The molecule has 1 aliphatic rings. The first-order valence-corrected chi connectivity index (χ1v) is 6.36. The summed E-state index contributed by atoms with van der Waals surface area (Å²) in [5.74, 6) is 1.52. The fraction of sp³-hybridized carbons (Fsp3) is 0.462. The second kappa shape index (κ2) is 3.77. The van der Waals surface area contributed by atoms with E-state index < -0.39 is 0 Å². The molecular weight excluding hydrogens is 220 g/mol. The maximum Gasteiger partial charge on any atom is 0.125 e. The number of rotatable bonds is 2. The summed E-state index contributed by atoms with van der Waals surface area (Å²) in [6.45, 7) is 2.10. The number of fused-ring (bicyclic) bond motifs is 1. The summed E-state index contributed by atoms with van der Waals surface area (Å²) in [6, 6.07) is 7.09. The second-order valence-electron chi connectivity index (χ2n) is 4.61. The molecule has 0 spiro atoms. The molecule has 16 heavy (non-hydrogen) atoms. The van der Waals surface area contributed by atoms with Crippen LogP contribution in [0.1, 0.15) is 36.7 Å². The van der Waals surface area contributed by atoms with Gasteiger partial charge in [-0.3, -0.25) is 0 Å². The molecule has 1 heterocycles. The van der Waals surface area contributed by atoms with Gasteiger partial charge >= 0.3 is 0 Å². The Hall–Kier alpha value is -1.02. The molecule has 2 aromatic rings. The Morgan fingerprint density at radius 2 is 2.25 bits per heavy atom. The molecule has 1 fully saturated rings. The molecule has 1 saturated carbocycles. The van der Waals surface area contributed by atoms with Crippen molar-refractivity contribution in [3.8, 4) is 0 Å². The van der Waals surface area contributed by atoms with Crippen molar-refractivity contribution in [2.24, 2.45) is 0 Å².